The van der Waals surface area contributed by atoms with Crippen molar-refractivity contribution < 1.29 is 23.1 Å². The molecule has 0 radical (unpaired) electrons. The molecule has 3 aromatic rings. The second-order valence-corrected chi connectivity index (χ2v) is 8.98. The Balaban J connectivity index is 1.48. The second-order valence-electron chi connectivity index (χ2n) is 8.54. The van der Waals surface area contributed by atoms with Gasteiger partial charge in [0.2, 0.25) is 5.91 Å². The number of anilines is 2. The van der Waals surface area contributed by atoms with Crippen LogP contribution in [0.2, 0.25) is 0 Å². The van der Waals surface area contributed by atoms with Crippen LogP contribution in [-0.2, 0) is 10.2 Å². The normalized spacial score (nSPS) is 16.7. The van der Waals surface area contributed by atoms with Gasteiger partial charge in [-0.15, -0.1) is 8.78 Å². The summed E-state index contributed by atoms with van der Waals surface area (Å²) in [6.07, 6.45) is 6.17. The lowest BCUT2D eigenvalue weighted by Gasteiger charge is -2.32. The van der Waals surface area contributed by atoms with E-state index >= 15 is 0 Å². The fourth-order valence-corrected chi connectivity index (χ4v) is 5.03. The van der Waals surface area contributed by atoms with Crippen LogP contribution < -0.4 is 15.4 Å². The average molecular weight is 487 g/mol. The van der Waals surface area contributed by atoms with Gasteiger partial charge in [0.25, 0.3) is 5.91 Å². The minimum atomic E-state index is -3.82. The van der Waals surface area contributed by atoms with Gasteiger partial charge in [0.05, 0.1) is 11.1 Å². The number of aromatic amines is 1. The molecular formula is C24H21ClF2N4O3. The van der Waals surface area contributed by atoms with Crippen molar-refractivity contribution in [2.24, 2.45) is 0 Å². The Bertz CT molecular complexity index is 1230. The molecule has 1 spiro atoms. The topological polar surface area (TPSA) is 96.1 Å². The van der Waals surface area contributed by atoms with Crippen molar-refractivity contribution in [1.82, 2.24) is 10.2 Å². The van der Waals surface area contributed by atoms with Gasteiger partial charge in [0.15, 0.2) is 0 Å². The van der Waals surface area contributed by atoms with Gasteiger partial charge in [0, 0.05) is 45.9 Å². The number of ether oxygens (including phenoxy) is 1. The molecule has 0 atom stereocenters. The van der Waals surface area contributed by atoms with Crippen LogP contribution in [0.15, 0.2) is 48.7 Å². The summed E-state index contributed by atoms with van der Waals surface area (Å²) in [5.74, 6) is -0.594. The molecule has 34 heavy (non-hydrogen) atoms. The number of hydrogen-bond donors (Lipinski definition) is 3. The summed E-state index contributed by atoms with van der Waals surface area (Å²) < 4.78 is 29.9. The number of carbonyl (C=O) groups is 2. The van der Waals surface area contributed by atoms with Gasteiger partial charge in [-0.2, -0.15) is 5.10 Å². The molecule has 1 aliphatic heterocycles. The Hall–Kier alpha value is -3.46. The highest BCUT2D eigenvalue weighted by Gasteiger charge is 2.49. The molecule has 0 unspecified atom stereocenters. The molecule has 2 aliphatic rings. The Morgan fingerprint density at radius 1 is 1.12 bits per heavy atom. The Morgan fingerprint density at radius 2 is 1.85 bits per heavy atom. The zero-order valence-corrected chi connectivity index (χ0v) is 18.7. The minimum absolute atomic E-state index is 0.0350. The van der Waals surface area contributed by atoms with E-state index in [-0.39, 0.29) is 11.7 Å². The number of aromatic nitrogens is 2. The van der Waals surface area contributed by atoms with Crippen LogP contribution in [0.4, 0.5) is 20.2 Å². The summed E-state index contributed by atoms with van der Waals surface area (Å²) in [5, 5.41) is 12.7. The lowest BCUT2D eigenvalue weighted by atomic mass is 9.68. The molecule has 5 rings (SSSR count). The van der Waals surface area contributed by atoms with Crippen molar-refractivity contribution in [1.29, 1.82) is 0 Å². The van der Waals surface area contributed by atoms with E-state index in [4.69, 9.17) is 11.6 Å². The predicted octanol–water partition coefficient (Wildman–Crippen LogP) is 5.65. The Kier molecular flexibility index (Phi) is 5.51. The first-order valence-corrected chi connectivity index (χ1v) is 11.3. The van der Waals surface area contributed by atoms with E-state index in [0.29, 0.717) is 16.9 Å². The van der Waals surface area contributed by atoms with Crippen LogP contribution in [0.3, 0.4) is 0 Å². The van der Waals surface area contributed by atoms with Gasteiger partial charge in [-0.3, -0.25) is 14.7 Å². The van der Waals surface area contributed by atoms with E-state index in [2.05, 4.69) is 25.6 Å². The number of hydrogen-bond acceptors (Lipinski definition) is 4. The molecule has 1 aromatic heterocycles. The molecule has 10 heteroatoms. The molecule has 1 saturated carbocycles. The number of nitrogens with zero attached hydrogens (tertiary/aromatic N) is 1. The summed E-state index contributed by atoms with van der Waals surface area (Å²) in [4.78, 5) is 26.2. The van der Waals surface area contributed by atoms with E-state index in [9.17, 15) is 18.4 Å². The Labute approximate surface area is 198 Å². The highest BCUT2D eigenvalue weighted by Crippen LogP contribution is 2.51. The molecule has 3 N–H and O–H groups in total. The van der Waals surface area contributed by atoms with E-state index < -0.39 is 16.9 Å². The molecule has 1 aliphatic carbocycles. The number of benzene rings is 2. The molecular weight excluding hydrogens is 466 g/mol. The summed E-state index contributed by atoms with van der Waals surface area (Å²) >= 11 is 4.78. The van der Waals surface area contributed by atoms with Crippen LogP contribution in [0.5, 0.6) is 5.75 Å². The summed E-state index contributed by atoms with van der Waals surface area (Å²) in [7, 11) is 0. The summed E-state index contributed by atoms with van der Waals surface area (Å²) in [6, 6.07) is 10.6. The number of rotatable bonds is 5. The number of H-pyrrole nitrogens is 1. The van der Waals surface area contributed by atoms with Gasteiger partial charge in [-0.1, -0.05) is 19.3 Å². The van der Waals surface area contributed by atoms with Crippen molar-refractivity contribution in [3.63, 3.8) is 0 Å². The lowest BCUT2D eigenvalue weighted by Crippen LogP contribution is -2.36. The highest BCUT2D eigenvalue weighted by atomic mass is 35.5. The highest BCUT2D eigenvalue weighted by molar-refractivity contribution is 6.20. The third kappa shape index (κ3) is 4.11. The van der Waals surface area contributed by atoms with E-state index in [0.717, 1.165) is 48.9 Å². The molecule has 176 valence electrons. The summed E-state index contributed by atoms with van der Waals surface area (Å²) in [6.45, 7) is 0. The maximum absolute atomic E-state index is 13.1. The zero-order chi connectivity index (χ0) is 23.9. The quantitative estimate of drug-likeness (QED) is 0.406. The first-order valence-electron chi connectivity index (χ1n) is 10.9. The number of halogens is 3. The van der Waals surface area contributed by atoms with E-state index in [1.54, 1.807) is 18.3 Å². The number of fused-ring (bicyclic) bond motifs is 2. The van der Waals surface area contributed by atoms with Crippen LogP contribution in [0.25, 0.3) is 11.3 Å². The van der Waals surface area contributed by atoms with Crippen molar-refractivity contribution in [3.8, 4) is 17.0 Å². The smallest absolute Gasteiger partial charge is 0.420 e. The van der Waals surface area contributed by atoms with Crippen LogP contribution in [0, 0.1) is 0 Å². The molecule has 2 amide bonds. The second kappa shape index (κ2) is 8.39. The molecule has 0 saturated heterocycles. The standard InChI is InChI=1S/C24H21ClF2N4O3/c25-24(26,27)34-16-6-4-15(5-7-16)29-21(32)14-12-17(18-8-11-28-31-18)20-19(13-14)30-22(33)23(20)9-2-1-3-10-23/h4-8,11-13H,1-3,9-10H2,(H,28,31)(H,29,32)(H,30,33). The SMILES string of the molecule is O=C(Nc1ccc(OC(F)(F)Cl)cc1)c1cc2c(c(-c3ccn[nH]3)c1)C1(CCCCC1)C(=O)N2. The van der Waals surface area contributed by atoms with Crippen molar-refractivity contribution >= 4 is 34.8 Å². The lowest BCUT2D eigenvalue weighted by molar-refractivity contribution is -0.121. The van der Waals surface area contributed by atoms with E-state index in [1.165, 1.54) is 24.3 Å². The van der Waals surface area contributed by atoms with Crippen molar-refractivity contribution in [3.05, 3.63) is 59.8 Å². The predicted molar refractivity (Wildman–Crippen MR) is 123 cm³/mol. The molecule has 0 bridgehead atoms. The van der Waals surface area contributed by atoms with Crippen LogP contribution in [-0.4, -0.2) is 27.6 Å². The minimum Gasteiger partial charge on any atom is -0.420 e. The molecule has 2 heterocycles. The van der Waals surface area contributed by atoms with Gasteiger partial charge in [0.1, 0.15) is 5.75 Å². The summed E-state index contributed by atoms with van der Waals surface area (Å²) in [5.41, 5.74) is -0.708. The number of nitrogens with one attached hydrogen (secondary N) is 3. The van der Waals surface area contributed by atoms with E-state index in [1.807, 2.05) is 6.07 Å². The third-order valence-corrected chi connectivity index (χ3v) is 6.48. The average Bonchev–Trinajstić information content (AvgIpc) is 3.42. The number of amides is 2. The van der Waals surface area contributed by atoms with Gasteiger partial charge >= 0.3 is 5.57 Å². The molecule has 7 nitrogen and oxygen atoms in total. The number of carbonyl (C=O) groups excluding carboxylic acids is 2. The van der Waals surface area contributed by atoms with Crippen LogP contribution >= 0.6 is 11.6 Å². The maximum atomic E-state index is 13.1. The fraction of sp³-hybridized carbons (Fsp3) is 0.292. The van der Waals surface area contributed by atoms with Gasteiger partial charge in [-0.25, -0.2) is 0 Å². The molecule has 1 fully saturated rings. The first-order chi connectivity index (χ1) is 16.2. The van der Waals surface area contributed by atoms with Crippen molar-refractivity contribution in [2.75, 3.05) is 10.6 Å². The van der Waals surface area contributed by atoms with Gasteiger partial charge < -0.3 is 15.4 Å². The van der Waals surface area contributed by atoms with Crippen molar-refractivity contribution in [2.45, 2.75) is 43.1 Å². The monoisotopic (exact) mass is 486 g/mol. The Morgan fingerprint density at radius 3 is 2.50 bits per heavy atom. The maximum Gasteiger partial charge on any atom is 0.487 e. The molecule has 2 aromatic carbocycles. The first kappa shape index (κ1) is 22.3. The number of alkyl halides is 3. The fourth-order valence-electron chi connectivity index (χ4n) is 4.94. The largest absolute Gasteiger partial charge is 0.487 e. The van der Waals surface area contributed by atoms with Crippen LogP contribution in [0.1, 0.15) is 48.0 Å². The third-order valence-electron chi connectivity index (χ3n) is 6.41. The van der Waals surface area contributed by atoms with Gasteiger partial charge in [-0.05, 0) is 55.3 Å². The zero-order valence-electron chi connectivity index (χ0n) is 18.0.